The molecule has 38 heavy (non-hydrogen) atoms. The van der Waals surface area contributed by atoms with Gasteiger partial charge in [0.2, 0.25) is 5.95 Å². The summed E-state index contributed by atoms with van der Waals surface area (Å²) in [6.07, 6.45) is 7.70. The number of piperidine rings is 1. The second kappa shape index (κ2) is 12.1. The van der Waals surface area contributed by atoms with Gasteiger partial charge in [0, 0.05) is 44.3 Å². The topological polar surface area (TPSA) is 91.4 Å². The predicted molar refractivity (Wildman–Crippen MR) is 145 cm³/mol. The predicted octanol–water partition coefficient (Wildman–Crippen LogP) is 3.99. The molecule has 0 amide bonds. The summed E-state index contributed by atoms with van der Waals surface area (Å²) in [5.41, 5.74) is 3.72. The Labute approximate surface area is 220 Å². The van der Waals surface area contributed by atoms with E-state index in [9.17, 15) is 13.2 Å². The Bertz CT molecular complexity index is 1250. The van der Waals surface area contributed by atoms with Crippen molar-refractivity contribution in [3.05, 3.63) is 41.8 Å². The van der Waals surface area contributed by atoms with Crippen LogP contribution in [0.2, 0.25) is 0 Å². The first-order valence-corrected chi connectivity index (χ1v) is 12.7. The largest absolute Gasteiger partial charge is 0.378 e. The lowest BCUT2D eigenvalue weighted by Crippen LogP contribution is -2.61. The summed E-state index contributed by atoms with van der Waals surface area (Å²) < 4.78 is 49.2. The van der Waals surface area contributed by atoms with E-state index in [0.717, 1.165) is 16.8 Å². The molecule has 4 rings (SSSR count). The highest BCUT2D eigenvalue weighted by molar-refractivity contribution is 6.16. The molecule has 2 saturated heterocycles. The number of likely N-dealkylation sites (tertiary alicyclic amines) is 1. The van der Waals surface area contributed by atoms with E-state index >= 15 is 0 Å². The average Bonchev–Trinajstić information content (AvgIpc) is 3.27. The molecular weight excluding hydrogens is 497 g/mol. The molecule has 1 atom stereocenters. The standard InChI is InChI=1S/C26H35F3N8O/c1-17(7-10-27)13-32-18(2)5-6-21(30-3)20-8-12-37-23(20)24(31-4)34-25(35-37)33-22-9-11-36(16-26(22,28)29)19-14-38-15-19/h5-6,8,12-13,19,22H,7,9-11,14-16H2,1-4H3,(H2,31,33,34,35)/b6-5-,17-13+,30-21?,32-18-. The minimum absolute atomic E-state index is 0.0732. The van der Waals surface area contributed by atoms with Crippen LogP contribution in [0.25, 0.3) is 5.52 Å². The summed E-state index contributed by atoms with van der Waals surface area (Å²) in [6.45, 7) is 4.54. The van der Waals surface area contributed by atoms with E-state index in [1.165, 1.54) is 0 Å². The van der Waals surface area contributed by atoms with Gasteiger partial charge in [-0.25, -0.2) is 13.3 Å². The number of rotatable bonds is 10. The lowest BCUT2D eigenvalue weighted by Gasteiger charge is -2.44. The number of allylic oxidation sites excluding steroid dienone is 3. The third-order valence-corrected chi connectivity index (χ3v) is 6.79. The van der Waals surface area contributed by atoms with Gasteiger partial charge in [-0.05, 0) is 44.9 Å². The van der Waals surface area contributed by atoms with Crippen LogP contribution in [0.5, 0.6) is 0 Å². The molecule has 0 aromatic carbocycles. The fourth-order valence-electron chi connectivity index (χ4n) is 4.47. The molecule has 206 valence electrons. The van der Waals surface area contributed by atoms with Crippen molar-refractivity contribution in [1.29, 1.82) is 0 Å². The van der Waals surface area contributed by atoms with E-state index in [1.54, 1.807) is 35.9 Å². The van der Waals surface area contributed by atoms with Gasteiger partial charge in [0.15, 0.2) is 5.82 Å². The van der Waals surface area contributed by atoms with Crippen LogP contribution in [0.1, 0.15) is 32.3 Å². The normalized spacial score (nSPS) is 21.8. The molecule has 0 radical (unpaired) electrons. The molecule has 2 aromatic rings. The number of aliphatic imine (C=N–C) groups is 2. The number of hydrogen-bond acceptors (Lipinski definition) is 8. The van der Waals surface area contributed by atoms with Crippen molar-refractivity contribution in [2.75, 3.05) is 57.7 Å². The van der Waals surface area contributed by atoms with Crippen LogP contribution in [0.3, 0.4) is 0 Å². The third kappa shape index (κ3) is 6.24. The highest BCUT2D eigenvalue weighted by atomic mass is 19.3. The number of ether oxygens (including phenoxy) is 1. The van der Waals surface area contributed by atoms with Crippen molar-refractivity contribution < 1.29 is 17.9 Å². The van der Waals surface area contributed by atoms with Gasteiger partial charge in [-0.2, -0.15) is 4.98 Å². The van der Waals surface area contributed by atoms with Gasteiger partial charge in [-0.1, -0.05) is 5.57 Å². The molecule has 2 aromatic heterocycles. The summed E-state index contributed by atoms with van der Waals surface area (Å²) in [5, 5.41) is 10.4. The fourth-order valence-corrected chi connectivity index (χ4v) is 4.47. The van der Waals surface area contributed by atoms with E-state index in [4.69, 9.17) is 4.74 Å². The Hall–Kier alpha value is -3.25. The first kappa shape index (κ1) is 27.8. The highest BCUT2D eigenvalue weighted by Crippen LogP contribution is 2.32. The quantitative estimate of drug-likeness (QED) is 0.450. The number of anilines is 2. The third-order valence-electron chi connectivity index (χ3n) is 6.79. The summed E-state index contributed by atoms with van der Waals surface area (Å²) in [7, 11) is 3.40. The zero-order valence-corrected chi connectivity index (χ0v) is 22.2. The molecule has 0 spiro atoms. The Morgan fingerprint density at radius 1 is 1.29 bits per heavy atom. The molecule has 2 fully saturated rings. The van der Waals surface area contributed by atoms with Crippen molar-refractivity contribution >= 4 is 28.7 Å². The van der Waals surface area contributed by atoms with Crippen LogP contribution in [-0.4, -0.2) is 96.0 Å². The van der Waals surface area contributed by atoms with Crippen molar-refractivity contribution in [2.24, 2.45) is 9.98 Å². The second-order valence-electron chi connectivity index (χ2n) is 9.59. The van der Waals surface area contributed by atoms with Crippen molar-refractivity contribution in [3.8, 4) is 0 Å². The van der Waals surface area contributed by atoms with Gasteiger partial charge >= 0.3 is 0 Å². The van der Waals surface area contributed by atoms with Crippen LogP contribution in [0.4, 0.5) is 24.9 Å². The van der Waals surface area contributed by atoms with E-state index in [2.05, 4.69) is 30.7 Å². The SMILES string of the molecule is CN=C(\C=C/C(C)=N\C=C(/C)CCF)c1ccn2nc(NC3CCN(C4COC4)CC3(F)F)nc(NC)c12. The highest BCUT2D eigenvalue weighted by Gasteiger charge is 2.47. The first-order valence-electron chi connectivity index (χ1n) is 12.7. The summed E-state index contributed by atoms with van der Waals surface area (Å²) >= 11 is 0. The average molecular weight is 533 g/mol. The van der Waals surface area contributed by atoms with Crippen LogP contribution >= 0.6 is 0 Å². The lowest BCUT2D eigenvalue weighted by atomic mass is 9.98. The van der Waals surface area contributed by atoms with E-state index < -0.39 is 18.6 Å². The minimum Gasteiger partial charge on any atom is -0.378 e. The first-order chi connectivity index (χ1) is 18.2. The zero-order chi connectivity index (χ0) is 27.3. The zero-order valence-electron chi connectivity index (χ0n) is 22.2. The van der Waals surface area contributed by atoms with Gasteiger partial charge in [0.05, 0.1) is 44.2 Å². The van der Waals surface area contributed by atoms with Gasteiger partial charge < -0.3 is 15.4 Å². The number of hydrogen-bond donors (Lipinski definition) is 2. The molecule has 0 aliphatic carbocycles. The van der Waals surface area contributed by atoms with Crippen LogP contribution in [0.15, 0.2) is 46.2 Å². The van der Waals surface area contributed by atoms with E-state index in [0.29, 0.717) is 43.2 Å². The van der Waals surface area contributed by atoms with Crippen molar-refractivity contribution in [3.63, 3.8) is 0 Å². The summed E-state index contributed by atoms with van der Waals surface area (Å²) in [5.74, 6) is -2.32. The Morgan fingerprint density at radius 3 is 2.71 bits per heavy atom. The van der Waals surface area contributed by atoms with Crippen molar-refractivity contribution in [2.45, 2.75) is 44.7 Å². The van der Waals surface area contributed by atoms with Gasteiger partial charge in [0.25, 0.3) is 5.92 Å². The Balaban J connectivity index is 1.53. The van der Waals surface area contributed by atoms with Crippen molar-refractivity contribution in [1.82, 2.24) is 19.5 Å². The Kier molecular flexibility index (Phi) is 8.83. The number of fused-ring (bicyclic) bond motifs is 1. The smallest absolute Gasteiger partial charge is 0.280 e. The number of halogens is 3. The molecule has 1 unspecified atom stereocenters. The summed E-state index contributed by atoms with van der Waals surface area (Å²) in [4.78, 5) is 15.1. The maximum atomic E-state index is 15.0. The maximum Gasteiger partial charge on any atom is 0.280 e. The fraction of sp³-hybridized carbons (Fsp3) is 0.538. The summed E-state index contributed by atoms with van der Waals surface area (Å²) in [6, 6.07) is 0.855. The minimum atomic E-state index is -2.93. The number of aromatic nitrogens is 3. The number of nitrogens with zero attached hydrogens (tertiary/aromatic N) is 6. The van der Waals surface area contributed by atoms with Gasteiger partial charge in [-0.15, -0.1) is 5.10 Å². The number of nitrogens with one attached hydrogen (secondary N) is 2. The number of alkyl halides is 3. The molecule has 2 aliphatic heterocycles. The molecule has 2 aliphatic rings. The monoisotopic (exact) mass is 532 g/mol. The molecule has 0 saturated carbocycles. The second-order valence-corrected chi connectivity index (χ2v) is 9.59. The Morgan fingerprint density at radius 2 is 2.08 bits per heavy atom. The molecule has 2 N–H and O–H groups in total. The molecule has 9 nitrogen and oxygen atoms in total. The van der Waals surface area contributed by atoms with Crippen LogP contribution in [-0.2, 0) is 4.74 Å². The van der Waals surface area contributed by atoms with Crippen LogP contribution in [0, 0.1) is 0 Å². The molecule has 12 heteroatoms. The molecule has 0 bridgehead atoms. The van der Waals surface area contributed by atoms with E-state index in [1.807, 2.05) is 32.1 Å². The van der Waals surface area contributed by atoms with Gasteiger partial charge in [0.1, 0.15) is 5.52 Å². The molecular formula is C26H35F3N8O. The van der Waals surface area contributed by atoms with Gasteiger partial charge in [-0.3, -0.25) is 19.3 Å². The lowest BCUT2D eigenvalue weighted by molar-refractivity contribution is -0.131. The van der Waals surface area contributed by atoms with E-state index in [-0.39, 0.29) is 25.0 Å². The van der Waals surface area contributed by atoms with Crippen LogP contribution < -0.4 is 10.6 Å². The maximum absolute atomic E-state index is 15.0. The molecule has 4 heterocycles.